The standard InChI is InChI=1S/C17H18N2/c18-12-11-16(13-15-7-3-1-4-8-15)14-19-17-9-5-2-6-10-17/h1-10,16,19H,11,13-14H2. The van der Waals surface area contributed by atoms with Gasteiger partial charge < -0.3 is 5.32 Å². The van der Waals surface area contributed by atoms with Gasteiger partial charge in [0.05, 0.1) is 6.07 Å². The summed E-state index contributed by atoms with van der Waals surface area (Å²) in [5, 5.41) is 12.3. The number of rotatable bonds is 6. The Hall–Kier alpha value is -2.27. The van der Waals surface area contributed by atoms with Gasteiger partial charge in [-0.05, 0) is 30.0 Å². The lowest BCUT2D eigenvalue weighted by molar-refractivity contribution is 0.566. The van der Waals surface area contributed by atoms with Gasteiger partial charge in [0.2, 0.25) is 0 Å². The van der Waals surface area contributed by atoms with E-state index in [2.05, 4.69) is 23.5 Å². The van der Waals surface area contributed by atoms with Gasteiger partial charge in [-0.1, -0.05) is 48.5 Å². The first kappa shape index (κ1) is 13.2. The van der Waals surface area contributed by atoms with Crippen LogP contribution in [0.25, 0.3) is 0 Å². The van der Waals surface area contributed by atoms with Gasteiger partial charge in [0.25, 0.3) is 0 Å². The van der Waals surface area contributed by atoms with Crippen LogP contribution in [0.1, 0.15) is 12.0 Å². The van der Waals surface area contributed by atoms with Gasteiger partial charge >= 0.3 is 0 Å². The summed E-state index contributed by atoms with van der Waals surface area (Å²) in [5.41, 5.74) is 2.40. The number of hydrogen-bond donors (Lipinski definition) is 1. The van der Waals surface area contributed by atoms with Crippen LogP contribution in [0.4, 0.5) is 5.69 Å². The van der Waals surface area contributed by atoms with E-state index in [0.717, 1.165) is 18.7 Å². The number of nitrogens with zero attached hydrogens (tertiary/aromatic N) is 1. The highest BCUT2D eigenvalue weighted by Gasteiger charge is 2.09. The highest BCUT2D eigenvalue weighted by molar-refractivity contribution is 5.42. The maximum Gasteiger partial charge on any atom is 0.0625 e. The third kappa shape index (κ3) is 4.48. The summed E-state index contributed by atoms with van der Waals surface area (Å²) in [5.74, 6) is 0.340. The third-order valence-electron chi connectivity index (χ3n) is 3.12. The second kappa shape index (κ2) is 7.23. The normalized spacial score (nSPS) is 11.5. The van der Waals surface area contributed by atoms with Crippen molar-refractivity contribution in [1.82, 2.24) is 0 Å². The highest BCUT2D eigenvalue weighted by atomic mass is 14.9. The van der Waals surface area contributed by atoms with Gasteiger partial charge in [-0.15, -0.1) is 0 Å². The van der Waals surface area contributed by atoms with E-state index in [-0.39, 0.29) is 0 Å². The molecule has 0 radical (unpaired) electrons. The van der Waals surface area contributed by atoms with Gasteiger partial charge in [-0.2, -0.15) is 5.26 Å². The monoisotopic (exact) mass is 250 g/mol. The van der Waals surface area contributed by atoms with Crippen molar-refractivity contribution in [3.05, 3.63) is 66.2 Å². The second-order valence-electron chi connectivity index (χ2n) is 4.66. The summed E-state index contributed by atoms with van der Waals surface area (Å²) in [4.78, 5) is 0. The van der Waals surface area contributed by atoms with Crippen LogP contribution in [0.2, 0.25) is 0 Å². The molecule has 2 aromatic rings. The van der Waals surface area contributed by atoms with Gasteiger partial charge in [0.1, 0.15) is 0 Å². The molecule has 0 fully saturated rings. The minimum absolute atomic E-state index is 0.340. The molecule has 0 bridgehead atoms. The fourth-order valence-electron chi connectivity index (χ4n) is 2.11. The number of para-hydroxylation sites is 1. The van der Waals surface area contributed by atoms with Gasteiger partial charge in [-0.3, -0.25) is 0 Å². The molecular formula is C17H18N2. The topological polar surface area (TPSA) is 35.8 Å². The van der Waals surface area contributed by atoms with Crippen molar-refractivity contribution >= 4 is 5.69 Å². The molecule has 2 rings (SSSR count). The van der Waals surface area contributed by atoms with E-state index >= 15 is 0 Å². The van der Waals surface area contributed by atoms with E-state index < -0.39 is 0 Å². The predicted molar refractivity (Wildman–Crippen MR) is 78.8 cm³/mol. The molecule has 2 nitrogen and oxygen atoms in total. The zero-order chi connectivity index (χ0) is 13.3. The Morgan fingerprint density at radius 2 is 1.58 bits per heavy atom. The summed E-state index contributed by atoms with van der Waals surface area (Å²) in [6.45, 7) is 0.826. The number of anilines is 1. The molecule has 0 aliphatic heterocycles. The first-order valence-corrected chi connectivity index (χ1v) is 6.58. The summed E-state index contributed by atoms with van der Waals surface area (Å²) in [6.07, 6.45) is 1.52. The predicted octanol–water partition coefficient (Wildman–Crippen LogP) is 3.87. The lowest BCUT2D eigenvalue weighted by Crippen LogP contribution is -2.16. The number of hydrogen-bond acceptors (Lipinski definition) is 2. The maximum absolute atomic E-state index is 8.93. The summed E-state index contributed by atoms with van der Waals surface area (Å²) >= 11 is 0. The molecule has 1 N–H and O–H groups in total. The molecule has 96 valence electrons. The Morgan fingerprint density at radius 3 is 2.21 bits per heavy atom. The van der Waals surface area contributed by atoms with Crippen LogP contribution in [0, 0.1) is 17.2 Å². The van der Waals surface area contributed by atoms with Crippen molar-refractivity contribution in [1.29, 1.82) is 5.26 Å². The average Bonchev–Trinajstić information content (AvgIpc) is 2.47. The molecule has 0 saturated heterocycles. The third-order valence-corrected chi connectivity index (χ3v) is 3.12. The summed E-state index contributed by atoms with van der Waals surface area (Å²) in [6, 6.07) is 22.8. The summed E-state index contributed by atoms with van der Waals surface area (Å²) < 4.78 is 0. The van der Waals surface area contributed by atoms with Crippen molar-refractivity contribution in [2.45, 2.75) is 12.8 Å². The van der Waals surface area contributed by atoms with E-state index in [1.165, 1.54) is 5.56 Å². The lowest BCUT2D eigenvalue weighted by atomic mass is 9.96. The molecular weight excluding hydrogens is 232 g/mol. The molecule has 0 amide bonds. The SMILES string of the molecule is N#CCC(CNc1ccccc1)Cc1ccccc1. The molecule has 19 heavy (non-hydrogen) atoms. The smallest absolute Gasteiger partial charge is 0.0625 e. The molecule has 0 aliphatic carbocycles. The van der Waals surface area contributed by atoms with E-state index in [9.17, 15) is 0 Å². The second-order valence-corrected chi connectivity index (χ2v) is 4.66. The van der Waals surface area contributed by atoms with Crippen molar-refractivity contribution in [2.75, 3.05) is 11.9 Å². The van der Waals surface area contributed by atoms with Crippen LogP contribution in [0.3, 0.4) is 0 Å². The minimum Gasteiger partial charge on any atom is -0.385 e. The number of nitrogens with one attached hydrogen (secondary N) is 1. The largest absolute Gasteiger partial charge is 0.385 e. The van der Waals surface area contributed by atoms with Crippen LogP contribution in [-0.2, 0) is 6.42 Å². The minimum atomic E-state index is 0.340. The molecule has 0 spiro atoms. The quantitative estimate of drug-likeness (QED) is 0.844. The van der Waals surface area contributed by atoms with Crippen molar-refractivity contribution in [3.8, 4) is 6.07 Å². The van der Waals surface area contributed by atoms with Gasteiger partial charge in [0.15, 0.2) is 0 Å². The van der Waals surface area contributed by atoms with E-state index in [4.69, 9.17) is 5.26 Å². The summed E-state index contributed by atoms with van der Waals surface area (Å²) in [7, 11) is 0. The average molecular weight is 250 g/mol. The Balaban J connectivity index is 1.91. The lowest BCUT2D eigenvalue weighted by Gasteiger charge is -2.15. The Kier molecular flexibility index (Phi) is 5.01. The van der Waals surface area contributed by atoms with Crippen LogP contribution < -0.4 is 5.32 Å². The number of benzene rings is 2. The zero-order valence-corrected chi connectivity index (χ0v) is 10.9. The maximum atomic E-state index is 8.93. The van der Waals surface area contributed by atoms with Crippen molar-refractivity contribution in [2.24, 2.45) is 5.92 Å². The van der Waals surface area contributed by atoms with Gasteiger partial charge in [-0.25, -0.2) is 0 Å². The number of nitriles is 1. The van der Waals surface area contributed by atoms with Gasteiger partial charge in [0, 0.05) is 18.7 Å². The molecule has 0 aliphatic rings. The molecule has 2 heteroatoms. The van der Waals surface area contributed by atoms with Crippen molar-refractivity contribution < 1.29 is 0 Å². The molecule has 0 saturated carbocycles. The fourth-order valence-corrected chi connectivity index (χ4v) is 2.11. The van der Waals surface area contributed by atoms with E-state index in [1.807, 2.05) is 48.5 Å². The van der Waals surface area contributed by atoms with Crippen LogP contribution in [-0.4, -0.2) is 6.54 Å². The molecule has 0 aromatic heterocycles. The fraction of sp³-hybridized carbons (Fsp3) is 0.235. The van der Waals surface area contributed by atoms with Crippen LogP contribution in [0.15, 0.2) is 60.7 Å². The van der Waals surface area contributed by atoms with E-state index in [1.54, 1.807) is 0 Å². The molecule has 1 atom stereocenters. The molecule has 0 heterocycles. The zero-order valence-electron chi connectivity index (χ0n) is 10.9. The Labute approximate surface area is 114 Å². The van der Waals surface area contributed by atoms with E-state index in [0.29, 0.717) is 12.3 Å². The highest BCUT2D eigenvalue weighted by Crippen LogP contribution is 2.14. The molecule has 1 unspecified atom stereocenters. The Morgan fingerprint density at radius 1 is 0.947 bits per heavy atom. The first-order valence-electron chi connectivity index (χ1n) is 6.58. The first-order chi connectivity index (χ1) is 9.38. The van der Waals surface area contributed by atoms with Crippen LogP contribution >= 0.6 is 0 Å². The van der Waals surface area contributed by atoms with Crippen LogP contribution in [0.5, 0.6) is 0 Å². The van der Waals surface area contributed by atoms with Crippen molar-refractivity contribution in [3.63, 3.8) is 0 Å². The Bertz CT molecular complexity index is 514. The molecule has 2 aromatic carbocycles.